The lowest BCUT2D eigenvalue weighted by atomic mass is 9.44. The number of methoxy groups -OCH3 is 1. The minimum absolute atomic E-state index is 0.0415. The van der Waals surface area contributed by atoms with Gasteiger partial charge in [0, 0.05) is 12.5 Å². The van der Waals surface area contributed by atoms with Gasteiger partial charge in [-0.2, -0.15) is 0 Å². The summed E-state index contributed by atoms with van der Waals surface area (Å²) < 4.78 is 11.5. The number of esters is 1. The molecule has 4 fully saturated rings. The van der Waals surface area contributed by atoms with E-state index >= 15 is 0 Å². The van der Waals surface area contributed by atoms with Crippen LogP contribution in [0.25, 0.3) is 0 Å². The van der Waals surface area contributed by atoms with Crippen LogP contribution in [0, 0.1) is 46.3 Å². The second-order valence-electron chi connectivity index (χ2n) is 13.6. The minimum atomic E-state index is -1.45. The summed E-state index contributed by atoms with van der Waals surface area (Å²) in [6.07, 6.45) is 14.6. The number of fused-ring (bicyclic) bond motifs is 5. The molecule has 0 aromatic carbocycles. The van der Waals surface area contributed by atoms with Crippen LogP contribution in [0.5, 0.6) is 0 Å². The average molecular weight is 463 g/mol. The standard InChI is InChI=1S/C28H50O3Si/c1-19(8-13-26(29)30-4)23-11-12-24-22-10-9-20-18-21(31-32(5,6)7)14-16-27(20,2)25(22)15-17-28(23,24)3/h19-25H,8-18H2,1-7H3/t19-,20+,21-,22+,23-,24+,25+,27+,28-/m1/s1. The number of ether oxygens (including phenoxy) is 1. The van der Waals surface area contributed by atoms with E-state index in [-0.39, 0.29) is 5.97 Å². The summed E-state index contributed by atoms with van der Waals surface area (Å²) in [5, 5.41) is 0. The maximum absolute atomic E-state index is 11.7. The van der Waals surface area contributed by atoms with Crippen LogP contribution in [0.1, 0.15) is 91.4 Å². The number of rotatable bonds is 6. The molecule has 4 aliphatic rings. The van der Waals surface area contributed by atoms with Crippen molar-refractivity contribution < 1.29 is 14.0 Å². The van der Waals surface area contributed by atoms with Crippen molar-refractivity contribution in [1.29, 1.82) is 0 Å². The van der Waals surface area contributed by atoms with Crippen molar-refractivity contribution in [2.75, 3.05) is 7.11 Å². The van der Waals surface area contributed by atoms with Crippen molar-refractivity contribution in [3.8, 4) is 0 Å². The molecule has 0 aliphatic heterocycles. The minimum Gasteiger partial charge on any atom is -0.469 e. The van der Waals surface area contributed by atoms with Gasteiger partial charge in [-0.3, -0.25) is 4.79 Å². The van der Waals surface area contributed by atoms with Gasteiger partial charge in [-0.15, -0.1) is 0 Å². The largest absolute Gasteiger partial charge is 0.469 e. The molecule has 3 nitrogen and oxygen atoms in total. The molecule has 0 aromatic heterocycles. The van der Waals surface area contributed by atoms with Gasteiger partial charge in [-0.05, 0) is 130 Å². The molecular formula is C28H50O3Si. The highest BCUT2D eigenvalue weighted by atomic mass is 28.4. The summed E-state index contributed by atoms with van der Waals surface area (Å²) in [5.74, 6) is 5.00. The summed E-state index contributed by atoms with van der Waals surface area (Å²) in [5.41, 5.74) is 1.02. The van der Waals surface area contributed by atoms with Crippen molar-refractivity contribution >= 4 is 14.3 Å². The van der Waals surface area contributed by atoms with Gasteiger partial charge in [-0.1, -0.05) is 20.8 Å². The average Bonchev–Trinajstić information content (AvgIpc) is 3.08. The van der Waals surface area contributed by atoms with Gasteiger partial charge in [0.2, 0.25) is 0 Å². The van der Waals surface area contributed by atoms with Crippen LogP contribution in [0.3, 0.4) is 0 Å². The van der Waals surface area contributed by atoms with E-state index in [0.29, 0.717) is 29.3 Å². The second kappa shape index (κ2) is 9.02. The van der Waals surface area contributed by atoms with E-state index in [1.165, 1.54) is 64.9 Å². The third kappa shape index (κ3) is 4.49. The van der Waals surface area contributed by atoms with Crippen molar-refractivity contribution in [3.63, 3.8) is 0 Å². The molecule has 0 unspecified atom stereocenters. The SMILES string of the molecule is COC(=O)CC[C@@H](C)[C@H]1CC[C@H]2[C@@H]3CC[C@H]4C[C@H](O[Si](C)(C)C)CC[C@]4(C)[C@H]3CC[C@]12C. The van der Waals surface area contributed by atoms with Crippen LogP contribution in [0.15, 0.2) is 0 Å². The normalized spacial score (nSPS) is 44.8. The first kappa shape index (κ1) is 24.8. The molecule has 0 heterocycles. The zero-order valence-electron chi connectivity index (χ0n) is 22.0. The third-order valence-electron chi connectivity index (χ3n) is 10.9. The van der Waals surface area contributed by atoms with E-state index in [4.69, 9.17) is 9.16 Å². The molecule has 0 radical (unpaired) electrons. The number of hydrogen-bond acceptors (Lipinski definition) is 3. The van der Waals surface area contributed by atoms with Gasteiger partial charge >= 0.3 is 5.97 Å². The van der Waals surface area contributed by atoms with Crippen LogP contribution in [-0.2, 0) is 14.0 Å². The van der Waals surface area contributed by atoms with Crippen molar-refractivity contribution in [1.82, 2.24) is 0 Å². The highest BCUT2D eigenvalue weighted by Crippen LogP contribution is 2.68. The first-order valence-electron chi connectivity index (χ1n) is 13.7. The second-order valence-corrected chi connectivity index (χ2v) is 18.1. The zero-order valence-corrected chi connectivity index (χ0v) is 23.0. The Balaban J connectivity index is 1.44. The molecule has 4 aliphatic carbocycles. The molecule has 0 spiro atoms. The van der Waals surface area contributed by atoms with Gasteiger partial charge in [0.05, 0.1) is 7.11 Å². The van der Waals surface area contributed by atoms with Gasteiger partial charge in [0.1, 0.15) is 0 Å². The van der Waals surface area contributed by atoms with E-state index in [0.717, 1.165) is 36.0 Å². The Morgan fingerprint density at radius 1 is 0.969 bits per heavy atom. The molecule has 184 valence electrons. The van der Waals surface area contributed by atoms with E-state index < -0.39 is 8.32 Å². The molecule has 0 saturated heterocycles. The zero-order chi connectivity index (χ0) is 23.3. The molecule has 0 amide bonds. The molecule has 0 N–H and O–H groups in total. The fraction of sp³-hybridized carbons (Fsp3) is 0.964. The molecule has 32 heavy (non-hydrogen) atoms. The molecule has 4 rings (SSSR count). The van der Waals surface area contributed by atoms with Gasteiger partial charge < -0.3 is 9.16 Å². The van der Waals surface area contributed by atoms with Crippen molar-refractivity contribution in [2.24, 2.45) is 46.3 Å². The first-order valence-corrected chi connectivity index (χ1v) is 17.1. The quantitative estimate of drug-likeness (QED) is 0.303. The highest BCUT2D eigenvalue weighted by molar-refractivity contribution is 6.69. The smallest absolute Gasteiger partial charge is 0.305 e. The van der Waals surface area contributed by atoms with Gasteiger partial charge in [0.25, 0.3) is 0 Å². The fourth-order valence-electron chi connectivity index (χ4n) is 9.45. The summed E-state index contributed by atoms with van der Waals surface area (Å²) >= 11 is 0. The lowest BCUT2D eigenvalue weighted by molar-refractivity contribution is -0.141. The number of hydrogen-bond donors (Lipinski definition) is 0. The monoisotopic (exact) mass is 462 g/mol. The van der Waals surface area contributed by atoms with E-state index in [2.05, 4.69) is 40.4 Å². The predicted octanol–water partition coefficient (Wildman–Crippen LogP) is 7.45. The molecule has 0 bridgehead atoms. The molecular weight excluding hydrogens is 412 g/mol. The van der Waals surface area contributed by atoms with E-state index in [1.54, 1.807) is 0 Å². The molecule has 4 heteroatoms. The Hall–Kier alpha value is -0.353. The van der Waals surface area contributed by atoms with Crippen LogP contribution in [0.4, 0.5) is 0 Å². The number of carbonyl (C=O) groups excluding carboxylic acids is 1. The predicted molar refractivity (Wildman–Crippen MR) is 134 cm³/mol. The lowest BCUT2D eigenvalue weighted by Gasteiger charge is -2.61. The van der Waals surface area contributed by atoms with Crippen LogP contribution < -0.4 is 0 Å². The first-order chi connectivity index (χ1) is 15.0. The topological polar surface area (TPSA) is 35.5 Å². The summed E-state index contributed by atoms with van der Waals surface area (Å²) in [6.45, 7) is 14.8. The Morgan fingerprint density at radius 3 is 2.34 bits per heavy atom. The number of carbonyl (C=O) groups is 1. The van der Waals surface area contributed by atoms with Crippen molar-refractivity contribution in [3.05, 3.63) is 0 Å². The molecule has 9 atom stereocenters. The molecule has 0 aromatic rings. The van der Waals surface area contributed by atoms with Crippen molar-refractivity contribution in [2.45, 2.75) is 117 Å². The Labute approximate surface area is 198 Å². The Morgan fingerprint density at radius 2 is 1.66 bits per heavy atom. The van der Waals surface area contributed by atoms with Crippen LogP contribution in [0.2, 0.25) is 19.6 Å². The van der Waals surface area contributed by atoms with Crippen LogP contribution in [-0.4, -0.2) is 27.5 Å². The summed E-state index contributed by atoms with van der Waals surface area (Å²) in [7, 11) is 0.0649. The van der Waals surface area contributed by atoms with Gasteiger partial charge in [-0.25, -0.2) is 0 Å². The summed E-state index contributed by atoms with van der Waals surface area (Å²) in [4.78, 5) is 11.7. The van der Waals surface area contributed by atoms with E-state index in [9.17, 15) is 4.79 Å². The van der Waals surface area contributed by atoms with Gasteiger partial charge in [0.15, 0.2) is 8.32 Å². The highest BCUT2D eigenvalue weighted by Gasteiger charge is 2.60. The summed E-state index contributed by atoms with van der Waals surface area (Å²) in [6, 6.07) is 0. The Bertz CT molecular complexity index is 687. The Kier molecular flexibility index (Phi) is 6.98. The maximum Gasteiger partial charge on any atom is 0.305 e. The third-order valence-corrected chi connectivity index (χ3v) is 12.0. The molecule has 4 saturated carbocycles. The van der Waals surface area contributed by atoms with E-state index in [1.807, 2.05) is 0 Å². The fourth-order valence-corrected chi connectivity index (χ4v) is 10.7. The lowest BCUT2D eigenvalue weighted by Crippen LogP contribution is -2.54. The van der Waals surface area contributed by atoms with Crippen LogP contribution >= 0.6 is 0 Å². The maximum atomic E-state index is 11.7.